The highest BCUT2D eigenvalue weighted by Crippen LogP contribution is 2.42. The van der Waals surface area contributed by atoms with E-state index in [0.717, 1.165) is 44.3 Å². The predicted molar refractivity (Wildman–Crippen MR) is 166 cm³/mol. The van der Waals surface area contributed by atoms with E-state index in [9.17, 15) is 9.59 Å². The van der Waals surface area contributed by atoms with E-state index in [1.807, 2.05) is 104 Å². The van der Waals surface area contributed by atoms with Gasteiger partial charge in [-0.2, -0.15) is 5.11 Å². The third-order valence-corrected chi connectivity index (χ3v) is 7.08. The standard InChI is InChI=1S/C33H28N6O4/c1-33(20-43-31(42)19-18-30(40)41)34-28-13-7-12-24-27(16-17-29(35-33)32(24)28)39-38-26-15-14-25(22-10-5-6-11-23(22)26)37-36-21-8-3-2-4-9-21/h2-17,34-35H,18-20H2,1H3,(H,40,41). The van der Waals surface area contributed by atoms with Crippen molar-refractivity contribution in [2.75, 3.05) is 17.2 Å². The van der Waals surface area contributed by atoms with Crippen LogP contribution < -0.4 is 10.6 Å². The van der Waals surface area contributed by atoms with Gasteiger partial charge in [-0.1, -0.05) is 54.6 Å². The van der Waals surface area contributed by atoms with E-state index in [-0.39, 0.29) is 19.4 Å². The number of nitrogens with one attached hydrogen (secondary N) is 2. The number of hydrogen-bond acceptors (Lipinski definition) is 9. The first-order valence-corrected chi connectivity index (χ1v) is 13.8. The lowest BCUT2D eigenvalue weighted by Crippen LogP contribution is -2.49. The molecule has 1 unspecified atom stereocenters. The third-order valence-electron chi connectivity index (χ3n) is 7.08. The quantitative estimate of drug-likeness (QED) is 0.119. The molecule has 1 aliphatic rings. The first-order chi connectivity index (χ1) is 20.9. The van der Waals surface area contributed by atoms with E-state index in [1.165, 1.54) is 0 Å². The highest BCUT2D eigenvalue weighted by molar-refractivity contribution is 6.10. The van der Waals surface area contributed by atoms with Crippen molar-refractivity contribution in [1.29, 1.82) is 0 Å². The van der Waals surface area contributed by atoms with Gasteiger partial charge in [0.15, 0.2) is 0 Å². The van der Waals surface area contributed by atoms with Crippen LogP contribution >= 0.6 is 0 Å². The Labute approximate surface area is 247 Å². The molecular formula is C33H28N6O4. The normalized spacial score (nSPS) is 15.9. The van der Waals surface area contributed by atoms with Gasteiger partial charge in [-0.05, 0) is 49.4 Å². The summed E-state index contributed by atoms with van der Waals surface area (Å²) in [6, 6.07) is 31.0. The first kappa shape index (κ1) is 27.5. The SMILES string of the molecule is CC1(COC(=O)CCC(=O)O)Nc2cccc3c(N=Nc4ccc(N=Nc5ccccc5)c5ccccc45)ccc(c23)N1. The van der Waals surface area contributed by atoms with Crippen LogP contribution in [-0.2, 0) is 14.3 Å². The fraction of sp³-hybridized carbons (Fsp3) is 0.152. The Morgan fingerprint density at radius 1 is 0.674 bits per heavy atom. The molecule has 10 nitrogen and oxygen atoms in total. The molecule has 6 rings (SSSR count). The molecule has 43 heavy (non-hydrogen) atoms. The van der Waals surface area contributed by atoms with Gasteiger partial charge < -0.3 is 20.5 Å². The lowest BCUT2D eigenvalue weighted by atomic mass is 9.99. The fourth-order valence-corrected chi connectivity index (χ4v) is 5.05. The molecule has 1 heterocycles. The molecule has 1 atom stereocenters. The lowest BCUT2D eigenvalue weighted by molar-refractivity contribution is -0.148. The summed E-state index contributed by atoms with van der Waals surface area (Å²) in [7, 11) is 0. The van der Waals surface area contributed by atoms with Crippen LogP contribution in [0.15, 0.2) is 118 Å². The van der Waals surface area contributed by atoms with Crippen molar-refractivity contribution in [2.24, 2.45) is 20.5 Å². The summed E-state index contributed by atoms with van der Waals surface area (Å²) < 4.78 is 5.36. The number of carbonyl (C=O) groups excluding carboxylic acids is 1. The van der Waals surface area contributed by atoms with Crippen LogP contribution in [0.3, 0.4) is 0 Å². The molecule has 1 aliphatic heterocycles. The van der Waals surface area contributed by atoms with Crippen LogP contribution in [0.1, 0.15) is 19.8 Å². The molecule has 3 N–H and O–H groups in total. The summed E-state index contributed by atoms with van der Waals surface area (Å²) in [4.78, 5) is 22.8. The molecule has 5 aromatic carbocycles. The summed E-state index contributed by atoms with van der Waals surface area (Å²) in [6.07, 6.45) is -0.447. The van der Waals surface area contributed by atoms with Crippen LogP contribution in [0.4, 0.5) is 34.1 Å². The smallest absolute Gasteiger partial charge is 0.306 e. The number of fused-ring (bicyclic) bond motifs is 1. The Morgan fingerprint density at radius 3 is 1.91 bits per heavy atom. The Balaban J connectivity index is 1.26. The zero-order valence-electron chi connectivity index (χ0n) is 23.3. The van der Waals surface area contributed by atoms with E-state index in [2.05, 4.69) is 31.1 Å². The van der Waals surface area contributed by atoms with Crippen molar-refractivity contribution in [1.82, 2.24) is 0 Å². The minimum atomic E-state index is -1.04. The number of aliphatic carboxylic acids is 1. The number of hydrogen-bond donors (Lipinski definition) is 3. The zero-order valence-corrected chi connectivity index (χ0v) is 23.3. The van der Waals surface area contributed by atoms with E-state index < -0.39 is 17.6 Å². The molecule has 10 heteroatoms. The van der Waals surface area contributed by atoms with E-state index in [1.54, 1.807) is 0 Å². The number of carboxylic acids is 1. The van der Waals surface area contributed by atoms with Crippen molar-refractivity contribution in [2.45, 2.75) is 25.4 Å². The maximum absolute atomic E-state index is 12.0. The summed E-state index contributed by atoms with van der Waals surface area (Å²) >= 11 is 0. The molecule has 5 aromatic rings. The molecule has 0 radical (unpaired) electrons. The largest absolute Gasteiger partial charge is 0.481 e. The van der Waals surface area contributed by atoms with Crippen molar-refractivity contribution in [3.05, 3.63) is 97.1 Å². The number of carbonyl (C=O) groups is 2. The van der Waals surface area contributed by atoms with Gasteiger partial charge in [0.1, 0.15) is 12.3 Å². The van der Waals surface area contributed by atoms with Gasteiger partial charge in [0, 0.05) is 32.9 Å². The number of esters is 1. The van der Waals surface area contributed by atoms with Crippen LogP contribution in [0, 0.1) is 0 Å². The van der Waals surface area contributed by atoms with Crippen molar-refractivity contribution in [3.8, 4) is 0 Å². The molecule has 0 aromatic heterocycles. The lowest BCUT2D eigenvalue weighted by Gasteiger charge is -2.38. The monoisotopic (exact) mass is 572 g/mol. The average molecular weight is 573 g/mol. The van der Waals surface area contributed by atoms with Crippen LogP contribution in [0.5, 0.6) is 0 Å². The van der Waals surface area contributed by atoms with Gasteiger partial charge in [-0.15, -0.1) is 15.3 Å². The first-order valence-electron chi connectivity index (χ1n) is 13.8. The van der Waals surface area contributed by atoms with Crippen molar-refractivity contribution < 1.29 is 19.4 Å². The van der Waals surface area contributed by atoms with Crippen molar-refractivity contribution >= 4 is 67.6 Å². The van der Waals surface area contributed by atoms with Gasteiger partial charge in [-0.25, -0.2) is 0 Å². The van der Waals surface area contributed by atoms with Crippen molar-refractivity contribution in [3.63, 3.8) is 0 Å². The minimum Gasteiger partial charge on any atom is -0.481 e. The number of azo groups is 2. The van der Waals surface area contributed by atoms with Gasteiger partial charge in [0.05, 0.1) is 35.6 Å². The highest BCUT2D eigenvalue weighted by Gasteiger charge is 2.32. The van der Waals surface area contributed by atoms with Gasteiger partial charge >= 0.3 is 11.9 Å². The summed E-state index contributed by atoms with van der Waals surface area (Å²) in [6.45, 7) is 1.89. The summed E-state index contributed by atoms with van der Waals surface area (Å²) in [5.41, 5.74) is 3.85. The molecule has 0 saturated carbocycles. The molecule has 0 spiro atoms. The number of anilines is 2. The van der Waals surface area contributed by atoms with Crippen LogP contribution in [-0.4, -0.2) is 29.3 Å². The molecular weight excluding hydrogens is 544 g/mol. The molecule has 0 bridgehead atoms. The second-order valence-corrected chi connectivity index (χ2v) is 10.4. The van der Waals surface area contributed by atoms with E-state index in [0.29, 0.717) is 11.4 Å². The third kappa shape index (κ3) is 6.03. The molecule has 0 aliphatic carbocycles. The van der Waals surface area contributed by atoms with E-state index in [4.69, 9.17) is 9.84 Å². The summed E-state index contributed by atoms with van der Waals surface area (Å²) in [5, 5.41) is 37.5. The summed E-state index contributed by atoms with van der Waals surface area (Å²) in [5.74, 6) is -1.60. The molecule has 214 valence electrons. The van der Waals surface area contributed by atoms with Crippen LogP contribution in [0.2, 0.25) is 0 Å². The zero-order chi connectivity index (χ0) is 29.8. The molecule has 0 saturated heterocycles. The van der Waals surface area contributed by atoms with E-state index >= 15 is 0 Å². The number of benzene rings is 5. The Hall–Kier alpha value is -5.64. The number of carboxylic acid groups (broad SMARTS) is 1. The fourth-order valence-electron chi connectivity index (χ4n) is 5.05. The number of ether oxygens (including phenoxy) is 1. The second-order valence-electron chi connectivity index (χ2n) is 10.4. The second kappa shape index (κ2) is 11.7. The average Bonchev–Trinajstić information content (AvgIpc) is 3.02. The predicted octanol–water partition coefficient (Wildman–Crippen LogP) is 8.79. The maximum Gasteiger partial charge on any atom is 0.306 e. The Morgan fingerprint density at radius 2 is 1.23 bits per heavy atom. The van der Waals surface area contributed by atoms with Crippen LogP contribution in [0.25, 0.3) is 21.5 Å². The number of rotatable bonds is 9. The van der Waals surface area contributed by atoms with Gasteiger partial charge in [0.2, 0.25) is 0 Å². The van der Waals surface area contributed by atoms with Gasteiger partial charge in [0.25, 0.3) is 0 Å². The number of nitrogens with zero attached hydrogens (tertiary/aromatic N) is 4. The Kier molecular flexibility index (Phi) is 7.48. The molecule has 0 amide bonds. The van der Waals surface area contributed by atoms with Gasteiger partial charge in [-0.3, -0.25) is 9.59 Å². The minimum absolute atomic E-state index is 0.0106. The maximum atomic E-state index is 12.0. The Bertz CT molecular complexity index is 1890. The topological polar surface area (TPSA) is 137 Å². The molecule has 0 fully saturated rings. The highest BCUT2D eigenvalue weighted by atomic mass is 16.5.